The van der Waals surface area contributed by atoms with Crippen molar-refractivity contribution in [3.05, 3.63) is 70.4 Å². The molecule has 96 valence electrons. The van der Waals surface area contributed by atoms with Gasteiger partial charge in [-0.25, -0.2) is 0 Å². The minimum atomic E-state index is -0.800. The summed E-state index contributed by atoms with van der Waals surface area (Å²) in [5, 5.41) is 12.0. The highest BCUT2D eigenvalue weighted by Crippen LogP contribution is 2.30. The first-order valence-electron chi connectivity index (χ1n) is 6.08. The molecule has 0 aliphatic rings. The number of fused-ring (bicyclic) bond motifs is 1. The van der Waals surface area contributed by atoms with Crippen LogP contribution in [0.2, 0.25) is 5.02 Å². The molecule has 1 atom stereocenters. The first-order valence-corrected chi connectivity index (χ1v) is 6.45. The Morgan fingerprint density at radius 3 is 2.63 bits per heavy atom. The van der Waals surface area contributed by atoms with Gasteiger partial charge in [0.1, 0.15) is 17.4 Å². The average Bonchev–Trinajstić information content (AvgIpc) is 2.85. The average molecular weight is 273 g/mol. The van der Waals surface area contributed by atoms with Gasteiger partial charge in [-0.2, -0.15) is 0 Å². The summed E-state index contributed by atoms with van der Waals surface area (Å²) in [4.78, 5) is 0. The fraction of sp³-hybridized carbons (Fsp3) is 0.125. The zero-order valence-corrected chi connectivity index (χ0v) is 11.2. The van der Waals surface area contributed by atoms with Crippen LogP contribution in [0.5, 0.6) is 0 Å². The maximum absolute atomic E-state index is 10.4. The summed E-state index contributed by atoms with van der Waals surface area (Å²) in [6.45, 7) is 1.93. The lowest BCUT2D eigenvalue weighted by Gasteiger charge is -2.09. The Kier molecular flexibility index (Phi) is 3.05. The van der Waals surface area contributed by atoms with Crippen molar-refractivity contribution < 1.29 is 9.52 Å². The summed E-state index contributed by atoms with van der Waals surface area (Å²) in [7, 11) is 0. The Balaban J connectivity index is 2.02. The molecule has 2 aromatic carbocycles. The van der Waals surface area contributed by atoms with E-state index < -0.39 is 6.10 Å². The molecule has 0 saturated heterocycles. The van der Waals surface area contributed by atoms with Gasteiger partial charge in [-0.05, 0) is 36.2 Å². The van der Waals surface area contributed by atoms with E-state index in [-0.39, 0.29) is 0 Å². The molecule has 19 heavy (non-hydrogen) atoms. The predicted octanol–water partition coefficient (Wildman–Crippen LogP) is 4.48. The molecule has 3 rings (SSSR count). The van der Waals surface area contributed by atoms with Crippen molar-refractivity contribution in [2.24, 2.45) is 0 Å². The summed E-state index contributed by atoms with van der Waals surface area (Å²) in [6.07, 6.45) is -0.800. The smallest absolute Gasteiger partial charge is 0.138 e. The number of halogens is 1. The van der Waals surface area contributed by atoms with Crippen LogP contribution in [-0.4, -0.2) is 5.11 Å². The van der Waals surface area contributed by atoms with E-state index in [1.54, 1.807) is 6.07 Å². The normalized spacial score (nSPS) is 12.8. The summed E-state index contributed by atoms with van der Waals surface area (Å²) in [5.41, 5.74) is 2.49. The van der Waals surface area contributed by atoms with Gasteiger partial charge in [0.05, 0.1) is 0 Å². The van der Waals surface area contributed by atoms with Gasteiger partial charge in [0, 0.05) is 10.4 Å². The third-order valence-electron chi connectivity index (χ3n) is 3.23. The highest BCUT2D eigenvalue weighted by atomic mass is 35.5. The number of aryl methyl sites for hydroxylation is 1. The van der Waals surface area contributed by atoms with E-state index in [4.69, 9.17) is 16.0 Å². The molecule has 0 radical (unpaired) electrons. The predicted molar refractivity (Wildman–Crippen MR) is 76.5 cm³/mol. The standard InChI is InChI=1S/C16H13ClO2/c1-10-6-7-12(8-13(10)17)16(18)15-9-11-4-2-3-5-14(11)19-15/h2-9,16,18H,1H3. The summed E-state index contributed by atoms with van der Waals surface area (Å²) in [6, 6.07) is 15.1. The molecule has 0 aliphatic carbocycles. The molecule has 1 heterocycles. The van der Waals surface area contributed by atoms with Crippen molar-refractivity contribution in [2.75, 3.05) is 0 Å². The van der Waals surface area contributed by atoms with Crippen LogP contribution >= 0.6 is 11.6 Å². The lowest BCUT2D eigenvalue weighted by molar-refractivity contribution is 0.192. The molecule has 0 amide bonds. The van der Waals surface area contributed by atoms with Crippen LogP contribution in [0.3, 0.4) is 0 Å². The van der Waals surface area contributed by atoms with Crippen molar-refractivity contribution in [2.45, 2.75) is 13.0 Å². The minimum Gasteiger partial charge on any atom is -0.458 e. The largest absolute Gasteiger partial charge is 0.458 e. The van der Waals surface area contributed by atoms with E-state index in [0.717, 1.165) is 22.1 Å². The van der Waals surface area contributed by atoms with Crippen LogP contribution < -0.4 is 0 Å². The highest BCUT2D eigenvalue weighted by Gasteiger charge is 2.16. The monoisotopic (exact) mass is 272 g/mol. The number of benzene rings is 2. The molecule has 1 unspecified atom stereocenters. The second-order valence-electron chi connectivity index (χ2n) is 4.60. The SMILES string of the molecule is Cc1ccc(C(O)c2cc3ccccc3o2)cc1Cl. The van der Waals surface area contributed by atoms with E-state index in [1.165, 1.54) is 0 Å². The number of hydrogen-bond acceptors (Lipinski definition) is 2. The highest BCUT2D eigenvalue weighted by molar-refractivity contribution is 6.31. The first kappa shape index (κ1) is 12.3. The van der Waals surface area contributed by atoms with Crippen molar-refractivity contribution >= 4 is 22.6 Å². The second kappa shape index (κ2) is 4.72. The van der Waals surface area contributed by atoms with Gasteiger partial charge in [0.25, 0.3) is 0 Å². The zero-order chi connectivity index (χ0) is 13.4. The van der Waals surface area contributed by atoms with Crippen LogP contribution in [0, 0.1) is 6.92 Å². The molecule has 0 spiro atoms. The summed E-state index contributed by atoms with van der Waals surface area (Å²) < 4.78 is 5.66. The van der Waals surface area contributed by atoms with Gasteiger partial charge in [-0.3, -0.25) is 0 Å². The van der Waals surface area contributed by atoms with Crippen LogP contribution in [0.1, 0.15) is 23.0 Å². The number of furan rings is 1. The Labute approximate surface area is 116 Å². The van der Waals surface area contributed by atoms with Crippen molar-refractivity contribution in [3.8, 4) is 0 Å². The number of rotatable bonds is 2. The molecule has 3 heteroatoms. The van der Waals surface area contributed by atoms with Crippen LogP contribution in [0.25, 0.3) is 11.0 Å². The molecular formula is C16H13ClO2. The molecule has 1 aromatic heterocycles. The zero-order valence-electron chi connectivity index (χ0n) is 10.4. The summed E-state index contributed by atoms with van der Waals surface area (Å²) >= 11 is 6.08. The van der Waals surface area contributed by atoms with Gasteiger partial charge in [0.2, 0.25) is 0 Å². The van der Waals surface area contributed by atoms with E-state index in [2.05, 4.69) is 0 Å². The van der Waals surface area contributed by atoms with E-state index in [1.807, 2.05) is 49.4 Å². The lowest BCUT2D eigenvalue weighted by Crippen LogP contribution is -1.98. The third-order valence-corrected chi connectivity index (χ3v) is 3.63. The lowest BCUT2D eigenvalue weighted by atomic mass is 10.1. The molecule has 0 fully saturated rings. The maximum atomic E-state index is 10.4. The number of para-hydroxylation sites is 1. The van der Waals surface area contributed by atoms with E-state index in [9.17, 15) is 5.11 Å². The van der Waals surface area contributed by atoms with Crippen molar-refractivity contribution in [1.82, 2.24) is 0 Å². The molecule has 3 aromatic rings. The molecular weight excluding hydrogens is 260 g/mol. The van der Waals surface area contributed by atoms with Gasteiger partial charge >= 0.3 is 0 Å². The minimum absolute atomic E-state index is 0.529. The molecule has 0 saturated carbocycles. The Morgan fingerprint density at radius 2 is 1.89 bits per heavy atom. The fourth-order valence-corrected chi connectivity index (χ4v) is 2.27. The quantitative estimate of drug-likeness (QED) is 0.746. The van der Waals surface area contributed by atoms with Crippen molar-refractivity contribution in [3.63, 3.8) is 0 Å². The topological polar surface area (TPSA) is 33.4 Å². The Bertz CT molecular complexity index is 697. The molecule has 0 bridgehead atoms. The Morgan fingerprint density at radius 1 is 1.11 bits per heavy atom. The van der Waals surface area contributed by atoms with E-state index >= 15 is 0 Å². The van der Waals surface area contributed by atoms with Gasteiger partial charge in [-0.15, -0.1) is 0 Å². The summed E-state index contributed by atoms with van der Waals surface area (Å²) in [5.74, 6) is 0.529. The molecule has 0 aliphatic heterocycles. The maximum Gasteiger partial charge on any atom is 0.138 e. The second-order valence-corrected chi connectivity index (χ2v) is 5.00. The van der Waals surface area contributed by atoms with Crippen molar-refractivity contribution in [1.29, 1.82) is 0 Å². The molecule has 2 nitrogen and oxygen atoms in total. The van der Waals surface area contributed by atoms with Crippen LogP contribution in [0.15, 0.2) is 52.9 Å². The van der Waals surface area contributed by atoms with Gasteiger partial charge in [-0.1, -0.05) is 41.9 Å². The number of hydrogen-bond donors (Lipinski definition) is 1. The first-order chi connectivity index (χ1) is 9.15. The van der Waals surface area contributed by atoms with Crippen LogP contribution in [-0.2, 0) is 0 Å². The number of aliphatic hydroxyl groups excluding tert-OH is 1. The fourth-order valence-electron chi connectivity index (χ4n) is 2.08. The van der Waals surface area contributed by atoms with Gasteiger partial charge in [0.15, 0.2) is 0 Å². The Hall–Kier alpha value is -1.77. The third kappa shape index (κ3) is 2.25. The number of aliphatic hydroxyl groups is 1. The van der Waals surface area contributed by atoms with Crippen LogP contribution in [0.4, 0.5) is 0 Å². The van der Waals surface area contributed by atoms with E-state index in [0.29, 0.717) is 10.8 Å². The van der Waals surface area contributed by atoms with Gasteiger partial charge < -0.3 is 9.52 Å². The molecule has 1 N–H and O–H groups in total.